The zero-order chi connectivity index (χ0) is 22.0. The molecule has 0 aliphatic carbocycles. The lowest BCUT2D eigenvalue weighted by Crippen LogP contribution is -2.25. The van der Waals surface area contributed by atoms with Gasteiger partial charge in [0.25, 0.3) is 0 Å². The van der Waals surface area contributed by atoms with E-state index in [1.807, 2.05) is 24.3 Å². The van der Waals surface area contributed by atoms with Gasteiger partial charge in [-0.1, -0.05) is 44.4 Å². The fraction of sp³-hybridized carbons (Fsp3) is 0.417. The molecule has 0 N–H and O–H groups in total. The van der Waals surface area contributed by atoms with Crippen LogP contribution in [0, 0.1) is 0 Å². The van der Waals surface area contributed by atoms with E-state index >= 15 is 0 Å². The maximum absolute atomic E-state index is 13.1. The van der Waals surface area contributed by atoms with E-state index in [2.05, 4.69) is 11.5 Å². The molecular weight excluding hydrogens is 403 g/mol. The molecule has 3 aromatic rings. The van der Waals surface area contributed by atoms with Crippen LogP contribution in [-0.4, -0.2) is 22.0 Å². The molecule has 0 bridgehead atoms. The lowest BCUT2D eigenvalue weighted by molar-refractivity contribution is -0.137. The molecule has 1 aliphatic heterocycles. The number of carbonyl (C=O) groups is 1. The molecule has 0 saturated carbocycles. The average molecular weight is 429 g/mol. The number of imidazole rings is 1. The van der Waals surface area contributed by atoms with Gasteiger partial charge in [0.15, 0.2) is 0 Å². The Balaban J connectivity index is 1.62. The second-order valence-corrected chi connectivity index (χ2v) is 8.12. The number of aryl methyl sites for hydroxylation is 1. The highest BCUT2D eigenvalue weighted by atomic mass is 19.4. The Morgan fingerprint density at radius 3 is 2.65 bits per heavy atom. The second-order valence-electron chi connectivity index (χ2n) is 8.12. The van der Waals surface area contributed by atoms with Gasteiger partial charge in [0, 0.05) is 31.1 Å². The fourth-order valence-electron chi connectivity index (χ4n) is 4.32. The molecule has 1 aromatic heterocycles. The number of unbranched alkanes of at least 4 members (excludes halogenated alkanes) is 3. The van der Waals surface area contributed by atoms with E-state index in [-0.39, 0.29) is 23.9 Å². The van der Waals surface area contributed by atoms with Crippen molar-refractivity contribution in [1.82, 2.24) is 9.55 Å². The number of halogens is 3. The highest BCUT2D eigenvalue weighted by Crippen LogP contribution is 2.36. The summed E-state index contributed by atoms with van der Waals surface area (Å²) in [5.41, 5.74) is 1.47. The van der Waals surface area contributed by atoms with Crippen LogP contribution in [0.2, 0.25) is 0 Å². The van der Waals surface area contributed by atoms with E-state index < -0.39 is 11.7 Å². The number of rotatable bonds is 7. The number of hydrogen-bond donors (Lipinski definition) is 0. The molecule has 164 valence electrons. The van der Waals surface area contributed by atoms with Gasteiger partial charge in [-0.3, -0.25) is 4.79 Å². The zero-order valence-corrected chi connectivity index (χ0v) is 17.5. The van der Waals surface area contributed by atoms with Crippen molar-refractivity contribution in [2.24, 2.45) is 0 Å². The summed E-state index contributed by atoms with van der Waals surface area (Å²) in [4.78, 5) is 19.0. The summed E-state index contributed by atoms with van der Waals surface area (Å²) in [6, 6.07) is 12.9. The number of aromatic nitrogens is 2. The number of hydrogen-bond acceptors (Lipinski definition) is 2. The molecule has 0 spiro atoms. The summed E-state index contributed by atoms with van der Waals surface area (Å²) >= 11 is 0. The third-order valence-corrected chi connectivity index (χ3v) is 5.89. The molecule has 31 heavy (non-hydrogen) atoms. The zero-order valence-electron chi connectivity index (χ0n) is 17.5. The van der Waals surface area contributed by atoms with Crippen LogP contribution >= 0.6 is 0 Å². The Labute approximate surface area is 179 Å². The fourth-order valence-corrected chi connectivity index (χ4v) is 4.32. The van der Waals surface area contributed by atoms with Crippen molar-refractivity contribution in [3.8, 4) is 0 Å². The van der Waals surface area contributed by atoms with Crippen molar-refractivity contribution in [1.29, 1.82) is 0 Å². The molecule has 0 unspecified atom stereocenters. The van der Waals surface area contributed by atoms with Crippen molar-refractivity contribution >= 4 is 22.6 Å². The van der Waals surface area contributed by atoms with E-state index in [0.717, 1.165) is 54.8 Å². The number of nitrogens with zero attached hydrogens (tertiary/aromatic N) is 3. The monoisotopic (exact) mass is 429 g/mol. The van der Waals surface area contributed by atoms with Crippen LogP contribution in [-0.2, 0) is 17.5 Å². The molecule has 4 rings (SSSR count). The van der Waals surface area contributed by atoms with Crippen LogP contribution < -0.4 is 4.90 Å². The molecule has 1 fully saturated rings. The number of anilines is 1. The number of amides is 1. The Bertz CT molecular complexity index is 1070. The smallest absolute Gasteiger partial charge is 0.328 e. The Kier molecular flexibility index (Phi) is 6.03. The standard InChI is InChI=1S/C24H26F3N3O/c1-2-3-4-7-13-29-21-12-6-5-11-20(21)28-23(29)17-14-22(31)30(16-17)19-10-8-9-18(15-19)24(25,26)27/h5-6,8-12,15,17H,2-4,7,13-14,16H2,1H3/t17-/m0/s1. The molecule has 1 amide bonds. The normalized spacial score (nSPS) is 17.1. The predicted octanol–water partition coefficient (Wildman–Crippen LogP) is 6.16. The summed E-state index contributed by atoms with van der Waals surface area (Å²) in [5, 5.41) is 0. The molecule has 0 radical (unpaired) electrons. The van der Waals surface area contributed by atoms with Crippen LogP contribution in [0.4, 0.5) is 18.9 Å². The maximum atomic E-state index is 13.1. The highest BCUT2D eigenvalue weighted by Gasteiger charge is 2.36. The molecule has 7 heteroatoms. The average Bonchev–Trinajstić information content (AvgIpc) is 3.31. The molecule has 1 saturated heterocycles. The summed E-state index contributed by atoms with van der Waals surface area (Å²) in [6.45, 7) is 3.33. The first kappa shape index (κ1) is 21.4. The number of para-hydroxylation sites is 2. The third-order valence-electron chi connectivity index (χ3n) is 5.89. The van der Waals surface area contributed by atoms with Crippen molar-refractivity contribution < 1.29 is 18.0 Å². The largest absolute Gasteiger partial charge is 0.416 e. The van der Waals surface area contributed by atoms with E-state index in [0.29, 0.717) is 6.54 Å². The first-order chi connectivity index (χ1) is 14.9. The number of carbonyl (C=O) groups excluding carboxylic acids is 1. The first-order valence-electron chi connectivity index (χ1n) is 10.8. The number of fused-ring (bicyclic) bond motifs is 1. The van der Waals surface area contributed by atoms with E-state index in [4.69, 9.17) is 4.98 Å². The minimum absolute atomic E-state index is 0.152. The first-order valence-corrected chi connectivity index (χ1v) is 10.8. The van der Waals surface area contributed by atoms with Crippen molar-refractivity contribution in [2.75, 3.05) is 11.4 Å². The summed E-state index contributed by atoms with van der Waals surface area (Å²) in [6.07, 6.45) is 0.286. The van der Waals surface area contributed by atoms with Crippen LogP contribution in [0.25, 0.3) is 11.0 Å². The number of benzene rings is 2. The van der Waals surface area contributed by atoms with Crippen LogP contribution in [0.15, 0.2) is 48.5 Å². The summed E-state index contributed by atoms with van der Waals surface area (Å²) < 4.78 is 41.6. The van der Waals surface area contributed by atoms with Gasteiger partial charge in [0.2, 0.25) is 5.91 Å². The number of alkyl halides is 3. The van der Waals surface area contributed by atoms with Gasteiger partial charge in [-0.05, 0) is 36.8 Å². The SMILES string of the molecule is CCCCCCn1c([C@H]2CC(=O)N(c3cccc(C(F)(F)F)c3)C2)nc2ccccc21. The molecular formula is C24H26F3N3O. The molecule has 1 atom stereocenters. The van der Waals surface area contributed by atoms with E-state index in [1.54, 1.807) is 6.07 Å². The molecule has 2 heterocycles. The van der Waals surface area contributed by atoms with Crippen molar-refractivity contribution in [2.45, 2.75) is 57.7 Å². The maximum Gasteiger partial charge on any atom is 0.416 e. The Morgan fingerprint density at radius 2 is 1.87 bits per heavy atom. The minimum Gasteiger partial charge on any atom is -0.328 e. The predicted molar refractivity (Wildman–Crippen MR) is 115 cm³/mol. The topological polar surface area (TPSA) is 38.1 Å². The van der Waals surface area contributed by atoms with Gasteiger partial charge >= 0.3 is 6.18 Å². The molecule has 1 aliphatic rings. The lowest BCUT2D eigenvalue weighted by Gasteiger charge is -2.19. The van der Waals surface area contributed by atoms with Crippen LogP contribution in [0.3, 0.4) is 0 Å². The van der Waals surface area contributed by atoms with E-state index in [9.17, 15) is 18.0 Å². The van der Waals surface area contributed by atoms with Gasteiger partial charge in [-0.15, -0.1) is 0 Å². The van der Waals surface area contributed by atoms with Crippen LogP contribution in [0.5, 0.6) is 0 Å². The highest BCUT2D eigenvalue weighted by molar-refractivity contribution is 5.96. The van der Waals surface area contributed by atoms with Gasteiger partial charge in [-0.2, -0.15) is 13.2 Å². The van der Waals surface area contributed by atoms with Gasteiger partial charge in [0.1, 0.15) is 5.82 Å². The van der Waals surface area contributed by atoms with Crippen molar-refractivity contribution in [3.63, 3.8) is 0 Å². The Hall–Kier alpha value is -2.83. The minimum atomic E-state index is -4.44. The summed E-state index contributed by atoms with van der Waals surface area (Å²) in [7, 11) is 0. The van der Waals surface area contributed by atoms with E-state index in [1.165, 1.54) is 17.4 Å². The van der Waals surface area contributed by atoms with Gasteiger partial charge in [0.05, 0.1) is 16.6 Å². The van der Waals surface area contributed by atoms with Gasteiger partial charge < -0.3 is 9.47 Å². The molecule has 2 aromatic carbocycles. The van der Waals surface area contributed by atoms with Crippen molar-refractivity contribution in [3.05, 3.63) is 59.9 Å². The molecule has 4 nitrogen and oxygen atoms in total. The summed E-state index contributed by atoms with van der Waals surface area (Å²) in [5.74, 6) is 0.523. The Morgan fingerprint density at radius 1 is 1.06 bits per heavy atom. The van der Waals surface area contributed by atoms with Crippen LogP contribution in [0.1, 0.15) is 56.3 Å². The second kappa shape index (κ2) is 8.73. The lowest BCUT2D eigenvalue weighted by atomic mass is 10.1. The quantitative estimate of drug-likeness (QED) is 0.422. The third kappa shape index (κ3) is 4.45. The van der Waals surface area contributed by atoms with Gasteiger partial charge in [-0.25, -0.2) is 4.98 Å².